The molecule has 0 unspecified atom stereocenters. The third-order valence-corrected chi connectivity index (χ3v) is 3.03. The monoisotopic (exact) mass is 403 g/mol. The van der Waals surface area contributed by atoms with Crippen molar-refractivity contribution in [1.29, 1.82) is 0 Å². The fraction of sp³-hybridized carbons (Fsp3) is 0.250. The van der Waals surface area contributed by atoms with Crippen LogP contribution in [-0.4, -0.2) is 14.2 Å². The number of quaternary nitrogens is 1. The maximum absolute atomic E-state index is 10.7. The Hall–Kier alpha value is -1.99. The zero-order valence-electron chi connectivity index (χ0n) is 14.1. The summed E-state index contributed by atoms with van der Waals surface area (Å²) >= 11 is 0. The van der Waals surface area contributed by atoms with Crippen molar-refractivity contribution in [2.45, 2.75) is 13.1 Å². The van der Waals surface area contributed by atoms with Crippen molar-refractivity contribution in [2.75, 3.05) is 14.2 Å². The van der Waals surface area contributed by atoms with Gasteiger partial charge in [0.2, 0.25) is 0 Å². The van der Waals surface area contributed by atoms with Crippen LogP contribution in [0.3, 0.4) is 0 Å². The van der Waals surface area contributed by atoms with E-state index >= 15 is 0 Å². The number of hydrogen-bond acceptors (Lipinski definition) is 2. The molecule has 0 saturated carbocycles. The van der Waals surface area contributed by atoms with Crippen LogP contribution in [0.25, 0.3) is 0 Å². The fourth-order valence-corrected chi connectivity index (χ4v) is 2.00. The molecule has 0 heterocycles. The van der Waals surface area contributed by atoms with Gasteiger partial charge in [-0.1, -0.05) is 24.3 Å². The first-order chi connectivity index (χ1) is 11.8. The molecule has 10 heteroatoms. The van der Waals surface area contributed by atoms with Crippen LogP contribution in [0.15, 0.2) is 48.5 Å². The Morgan fingerprint density at radius 3 is 1.38 bits per heavy atom. The molecule has 0 bridgehead atoms. The number of benzene rings is 2. The van der Waals surface area contributed by atoms with Crippen molar-refractivity contribution in [3.8, 4) is 11.5 Å². The fourth-order valence-electron chi connectivity index (χ4n) is 2.00. The van der Waals surface area contributed by atoms with Gasteiger partial charge in [-0.15, -0.1) is 0 Å². The molecule has 0 aromatic heterocycles. The molecule has 2 aromatic carbocycles. The second kappa shape index (κ2) is 7.72. The summed E-state index contributed by atoms with van der Waals surface area (Å²) in [4.78, 5) is 0. The van der Waals surface area contributed by atoms with Crippen LogP contribution in [0.4, 0.5) is 25.2 Å². The zero-order valence-corrected chi connectivity index (χ0v) is 15.0. The number of ether oxygens (including phenoxy) is 2. The van der Waals surface area contributed by atoms with Crippen LogP contribution in [0.5, 0.6) is 11.5 Å². The van der Waals surface area contributed by atoms with Crippen molar-refractivity contribution in [2.24, 2.45) is 0 Å². The van der Waals surface area contributed by atoms with E-state index in [1.54, 1.807) is 14.2 Å². The zero-order chi connectivity index (χ0) is 19.9. The van der Waals surface area contributed by atoms with Crippen LogP contribution in [-0.2, 0) is 13.1 Å². The standard InChI is InChI=1S/C16H19NO2.F6P/c1-18-15-7-3-5-13(9-15)11-17-12-14-6-4-8-16(10-14)19-2;1-7(2,3,4,5)6/h3-10,17H,11-12H2,1-2H3;/q;-1/p+1. The van der Waals surface area contributed by atoms with Crippen LogP contribution < -0.4 is 14.8 Å². The molecule has 2 aromatic rings. The second-order valence-electron chi connectivity index (χ2n) is 5.36. The van der Waals surface area contributed by atoms with Crippen molar-refractivity contribution >= 4 is 7.81 Å². The van der Waals surface area contributed by atoms with E-state index in [0.29, 0.717) is 0 Å². The molecule has 0 amide bonds. The Bertz CT molecular complexity index is 663. The SMILES string of the molecule is COc1cccc(C[NH2+]Cc2cccc(OC)c2)c1.F[P-](F)(F)(F)(F)F. The van der Waals surface area contributed by atoms with Gasteiger partial charge in [0.1, 0.15) is 24.6 Å². The average Bonchev–Trinajstić information content (AvgIpc) is 2.52. The summed E-state index contributed by atoms with van der Waals surface area (Å²) in [6.07, 6.45) is 0. The molecule has 0 aliphatic rings. The van der Waals surface area contributed by atoms with Crippen molar-refractivity contribution in [3.05, 3.63) is 59.7 Å². The summed E-state index contributed by atoms with van der Waals surface area (Å²) in [5.41, 5.74) is 2.53. The molecule has 0 fully saturated rings. The number of methoxy groups -OCH3 is 2. The third-order valence-electron chi connectivity index (χ3n) is 3.03. The molecule has 0 aliphatic heterocycles. The summed E-state index contributed by atoms with van der Waals surface area (Å²) in [6.45, 7) is 1.88. The quantitative estimate of drug-likeness (QED) is 0.521. The van der Waals surface area contributed by atoms with Gasteiger partial charge in [-0.3, -0.25) is 0 Å². The van der Waals surface area contributed by atoms with Crippen molar-refractivity contribution in [3.63, 3.8) is 0 Å². The molecule has 0 spiro atoms. The molecular formula is C16H20F6NO2P. The molecule has 0 atom stereocenters. The van der Waals surface area contributed by atoms with Gasteiger partial charge in [-0.25, -0.2) is 0 Å². The molecule has 3 nitrogen and oxygen atoms in total. The summed E-state index contributed by atoms with van der Waals surface area (Å²) < 4.78 is 69.6. The number of nitrogens with two attached hydrogens (primary N) is 1. The van der Waals surface area contributed by atoms with Crippen LogP contribution >= 0.6 is 7.81 Å². The van der Waals surface area contributed by atoms with E-state index < -0.39 is 7.81 Å². The van der Waals surface area contributed by atoms with E-state index in [-0.39, 0.29) is 0 Å². The van der Waals surface area contributed by atoms with Gasteiger partial charge >= 0.3 is 33.0 Å². The van der Waals surface area contributed by atoms with Gasteiger partial charge in [0.05, 0.1) is 14.2 Å². The van der Waals surface area contributed by atoms with Gasteiger partial charge in [0.15, 0.2) is 0 Å². The topological polar surface area (TPSA) is 35.1 Å². The number of hydrogen-bond donors (Lipinski definition) is 1. The van der Waals surface area contributed by atoms with Gasteiger partial charge in [0, 0.05) is 11.1 Å². The normalized spacial score (nSPS) is 13.7. The number of halogens is 6. The first-order valence-electron chi connectivity index (χ1n) is 7.41. The van der Waals surface area contributed by atoms with E-state index in [1.165, 1.54) is 11.1 Å². The van der Waals surface area contributed by atoms with Gasteiger partial charge in [0.25, 0.3) is 0 Å². The third kappa shape index (κ3) is 12.4. The molecule has 0 radical (unpaired) electrons. The Kier molecular flexibility index (Phi) is 6.54. The van der Waals surface area contributed by atoms with E-state index in [0.717, 1.165) is 24.6 Å². The molecule has 2 rings (SSSR count). The van der Waals surface area contributed by atoms with Crippen LogP contribution in [0, 0.1) is 0 Å². The number of rotatable bonds is 6. The second-order valence-corrected chi connectivity index (χ2v) is 7.27. The van der Waals surface area contributed by atoms with Crippen LogP contribution in [0.1, 0.15) is 11.1 Å². The maximum atomic E-state index is 9.87. The summed E-state index contributed by atoms with van der Waals surface area (Å²) in [5, 5.41) is 2.27. The molecule has 26 heavy (non-hydrogen) atoms. The summed E-state index contributed by atoms with van der Waals surface area (Å²) in [5.74, 6) is 1.82. The Labute approximate surface area is 147 Å². The van der Waals surface area contributed by atoms with Gasteiger partial charge < -0.3 is 14.8 Å². The Morgan fingerprint density at radius 1 is 0.731 bits per heavy atom. The molecule has 148 valence electrons. The first-order valence-corrected chi connectivity index (χ1v) is 9.43. The van der Waals surface area contributed by atoms with Crippen molar-refractivity contribution < 1.29 is 40.0 Å². The summed E-state index contributed by atoms with van der Waals surface area (Å²) in [6, 6.07) is 16.3. The molecule has 0 saturated heterocycles. The minimum atomic E-state index is -10.7. The molecule has 0 aliphatic carbocycles. The van der Waals surface area contributed by atoms with E-state index in [4.69, 9.17) is 9.47 Å². The van der Waals surface area contributed by atoms with Crippen molar-refractivity contribution in [1.82, 2.24) is 0 Å². The van der Waals surface area contributed by atoms with E-state index in [2.05, 4.69) is 29.6 Å². The predicted octanol–water partition coefficient (Wildman–Crippen LogP) is 5.35. The predicted molar refractivity (Wildman–Crippen MR) is 88.9 cm³/mol. The van der Waals surface area contributed by atoms with Gasteiger partial charge in [-0.05, 0) is 24.3 Å². The van der Waals surface area contributed by atoms with Gasteiger partial charge in [-0.2, -0.15) is 0 Å². The van der Waals surface area contributed by atoms with E-state index in [1.807, 2.05) is 24.3 Å². The first kappa shape index (κ1) is 22.1. The molecular weight excluding hydrogens is 383 g/mol. The minimum absolute atomic E-state index is 0.910. The Morgan fingerprint density at radius 2 is 1.08 bits per heavy atom. The average molecular weight is 403 g/mol. The van der Waals surface area contributed by atoms with Crippen LogP contribution in [0.2, 0.25) is 0 Å². The molecule has 2 N–H and O–H groups in total. The summed E-state index contributed by atoms with van der Waals surface area (Å²) in [7, 11) is -7.27. The Balaban J connectivity index is 0.000000412. The van der Waals surface area contributed by atoms with E-state index in [9.17, 15) is 25.2 Å².